The van der Waals surface area contributed by atoms with Gasteiger partial charge in [-0.1, -0.05) is 18.5 Å². The summed E-state index contributed by atoms with van der Waals surface area (Å²) in [6.45, 7) is 2.04. The van der Waals surface area contributed by atoms with Gasteiger partial charge >= 0.3 is 5.97 Å². The fourth-order valence-corrected chi connectivity index (χ4v) is 2.77. The van der Waals surface area contributed by atoms with Gasteiger partial charge in [0.25, 0.3) is 0 Å². The molecule has 0 bridgehead atoms. The first-order chi connectivity index (χ1) is 8.52. The molecule has 1 aliphatic rings. The van der Waals surface area contributed by atoms with Crippen LogP contribution in [-0.4, -0.2) is 18.2 Å². The minimum Gasteiger partial charge on any atom is -0.496 e. The Labute approximate surface area is 112 Å². The van der Waals surface area contributed by atoms with Crippen LogP contribution in [0.5, 0.6) is 5.75 Å². The number of carboxylic acids is 1. The van der Waals surface area contributed by atoms with Crippen LogP contribution in [0, 0.1) is 0 Å². The molecule has 1 aromatic carbocycles. The predicted molar refractivity (Wildman–Crippen MR) is 70.5 cm³/mol. The van der Waals surface area contributed by atoms with Gasteiger partial charge < -0.3 is 9.84 Å². The normalized spacial score (nSPS) is 16.4. The number of methoxy groups -OCH3 is 1. The van der Waals surface area contributed by atoms with E-state index in [1.807, 2.05) is 19.1 Å². The van der Waals surface area contributed by atoms with Gasteiger partial charge in [0.1, 0.15) is 5.75 Å². The van der Waals surface area contributed by atoms with E-state index in [1.165, 1.54) is 0 Å². The Morgan fingerprint density at radius 1 is 1.50 bits per heavy atom. The number of carbonyl (C=O) groups is 1. The maximum Gasteiger partial charge on any atom is 0.304 e. The van der Waals surface area contributed by atoms with Gasteiger partial charge in [-0.2, -0.15) is 0 Å². The Hall–Kier alpha value is -1.22. The van der Waals surface area contributed by atoms with Gasteiger partial charge in [-0.15, -0.1) is 0 Å². The molecule has 1 saturated carbocycles. The molecule has 0 aromatic heterocycles. The second-order valence-electron chi connectivity index (χ2n) is 4.85. The summed E-state index contributed by atoms with van der Waals surface area (Å²) >= 11 is 6.13. The number of aryl methyl sites for hydroxylation is 1. The first-order valence-corrected chi connectivity index (χ1v) is 6.49. The molecule has 1 aromatic rings. The topological polar surface area (TPSA) is 46.5 Å². The van der Waals surface area contributed by atoms with Crippen molar-refractivity contribution in [3.63, 3.8) is 0 Å². The largest absolute Gasteiger partial charge is 0.496 e. The molecular weight excluding hydrogens is 252 g/mol. The van der Waals surface area contributed by atoms with Crippen molar-refractivity contribution >= 4 is 17.6 Å². The van der Waals surface area contributed by atoms with Gasteiger partial charge in [0.05, 0.1) is 13.5 Å². The summed E-state index contributed by atoms with van der Waals surface area (Å²) in [4.78, 5) is 11.0. The number of benzene rings is 1. The number of hydrogen-bond donors (Lipinski definition) is 1. The standard InChI is InChI=1S/C14H17ClO3/c1-3-9-6-10(15)7-11(13(9)18-2)14(4-5-14)8-12(16)17/h6-7H,3-5,8H2,1-2H3,(H,16,17). The fraction of sp³-hybridized carbons (Fsp3) is 0.500. The van der Waals surface area contributed by atoms with Crippen LogP contribution >= 0.6 is 11.6 Å². The molecular formula is C14H17ClO3. The number of halogens is 1. The van der Waals surface area contributed by atoms with Gasteiger partial charge in [0, 0.05) is 16.0 Å². The van der Waals surface area contributed by atoms with E-state index in [-0.39, 0.29) is 11.8 Å². The second-order valence-corrected chi connectivity index (χ2v) is 5.29. The zero-order chi connectivity index (χ0) is 13.3. The first-order valence-electron chi connectivity index (χ1n) is 6.11. The smallest absolute Gasteiger partial charge is 0.304 e. The van der Waals surface area contributed by atoms with Crippen molar-refractivity contribution in [2.45, 2.75) is 38.0 Å². The third kappa shape index (κ3) is 2.32. The summed E-state index contributed by atoms with van der Waals surface area (Å²) in [6.07, 6.45) is 2.74. The molecule has 18 heavy (non-hydrogen) atoms. The average Bonchev–Trinajstić information content (AvgIpc) is 3.07. The van der Waals surface area contributed by atoms with Crippen LogP contribution in [0.2, 0.25) is 5.02 Å². The Kier molecular flexibility index (Phi) is 3.53. The molecule has 2 rings (SSSR count). The van der Waals surface area contributed by atoms with Crippen LogP contribution in [0.4, 0.5) is 0 Å². The predicted octanol–water partition coefficient (Wildman–Crippen LogP) is 3.42. The molecule has 4 heteroatoms. The highest BCUT2D eigenvalue weighted by Crippen LogP contribution is 2.55. The molecule has 0 aliphatic heterocycles. The summed E-state index contributed by atoms with van der Waals surface area (Å²) in [6, 6.07) is 3.75. The molecule has 0 saturated heterocycles. The first kappa shape index (κ1) is 13.2. The van der Waals surface area contributed by atoms with Crippen molar-refractivity contribution in [1.82, 2.24) is 0 Å². The molecule has 0 atom stereocenters. The number of aliphatic carboxylic acids is 1. The maximum absolute atomic E-state index is 11.0. The van der Waals surface area contributed by atoms with Gasteiger partial charge in [-0.3, -0.25) is 4.79 Å². The molecule has 0 unspecified atom stereocenters. The molecule has 98 valence electrons. The van der Waals surface area contributed by atoms with Crippen LogP contribution in [0.1, 0.15) is 37.3 Å². The average molecular weight is 269 g/mol. The Morgan fingerprint density at radius 3 is 2.61 bits per heavy atom. The van der Waals surface area contributed by atoms with E-state index in [9.17, 15) is 4.79 Å². The Bertz CT molecular complexity index is 478. The van der Waals surface area contributed by atoms with Crippen LogP contribution in [-0.2, 0) is 16.6 Å². The minimum absolute atomic E-state index is 0.146. The number of ether oxygens (including phenoxy) is 1. The van der Waals surface area contributed by atoms with E-state index in [0.29, 0.717) is 5.02 Å². The zero-order valence-corrected chi connectivity index (χ0v) is 11.4. The van der Waals surface area contributed by atoms with Crippen LogP contribution in [0.15, 0.2) is 12.1 Å². The van der Waals surface area contributed by atoms with E-state index < -0.39 is 5.97 Å². The van der Waals surface area contributed by atoms with Crippen LogP contribution in [0.25, 0.3) is 0 Å². The number of carboxylic acid groups (broad SMARTS) is 1. The molecule has 1 N–H and O–H groups in total. The second kappa shape index (κ2) is 4.81. The van der Waals surface area contributed by atoms with Crippen molar-refractivity contribution in [3.05, 3.63) is 28.3 Å². The van der Waals surface area contributed by atoms with Gasteiger partial charge in [-0.05, 0) is 37.0 Å². The molecule has 1 aliphatic carbocycles. The van der Waals surface area contributed by atoms with Crippen molar-refractivity contribution in [2.75, 3.05) is 7.11 Å². The lowest BCUT2D eigenvalue weighted by molar-refractivity contribution is -0.137. The van der Waals surface area contributed by atoms with E-state index in [4.69, 9.17) is 21.4 Å². The lowest BCUT2D eigenvalue weighted by Gasteiger charge is -2.20. The summed E-state index contributed by atoms with van der Waals surface area (Å²) in [5.41, 5.74) is 1.72. The summed E-state index contributed by atoms with van der Waals surface area (Å²) in [5.74, 6) is 0.0354. The molecule has 3 nitrogen and oxygen atoms in total. The quantitative estimate of drug-likeness (QED) is 0.890. The highest BCUT2D eigenvalue weighted by molar-refractivity contribution is 6.30. The van der Waals surface area contributed by atoms with Crippen molar-refractivity contribution < 1.29 is 14.6 Å². The number of hydrogen-bond acceptors (Lipinski definition) is 2. The van der Waals surface area contributed by atoms with Crippen LogP contribution < -0.4 is 4.74 Å². The summed E-state index contributed by atoms with van der Waals surface area (Å²) in [5, 5.41) is 9.69. The Balaban J connectivity index is 2.49. The van der Waals surface area contributed by atoms with Crippen molar-refractivity contribution in [2.24, 2.45) is 0 Å². The third-order valence-electron chi connectivity index (χ3n) is 3.63. The zero-order valence-electron chi connectivity index (χ0n) is 10.6. The monoisotopic (exact) mass is 268 g/mol. The molecule has 0 radical (unpaired) electrons. The SMILES string of the molecule is CCc1cc(Cl)cc(C2(CC(=O)O)CC2)c1OC. The van der Waals surface area contributed by atoms with Gasteiger partial charge in [-0.25, -0.2) is 0 Å². The van der Waals surface area contributed by atoms with E-state index in [1.54, 1.807) is 7.11 Å². The molecule has 0 spiro atoms. The lowest BCUT2D eigenvalue weighted by atomic mass is 9.89. The van der Waals surface area contributed by atoms with Crippen molar-refractivity contribution in [1.29, 1.82) is 0 Å². The van der Waals surface area contributed by atoms with Gasteiger partial charge in [0.2, 0.25) is 0 Å². The van der Waals surface area contributed by atoms with Crippen LogP contribution in [0.3, 0.4) is 0 Å². The highest BCUT2D eigenvalue weighted by atomic mass is 35.5. The third-order valence-corrected chi connectivity index (χ3v) is 3.85. The van der Waals surface area contributed by atoms with E-state index in [2.05, 4.69) is 0 Å². The van der Waals surface area contributed by atoms with E-state index in [0.717, 1.165) is 36.1 Å². The molecule has 0 amide bonds. The maximum atomic E-state index is 11.0. The van der Waals surface area contributed by atoms with Gasteiger partial charge in [0.15, 0.2) is 0 Å². The molecule has 0 heterocycles. The Morgan fingerprint density at radius 2 is 2.17 bits per heavy atom. The summed E-state index contributed by atoms with van der Waals surface area (Å²) < 4.78 is 5.48. The molecule has 1 fully saturated rings. The number of rotatable bonds is 5. The fourth-order valence-electron chi connectivity index (χ4n) is 2.53. The lowest BCUT2D eigenvalue weighted by Crippen LogP contribution is -2.15. The summed E-state index contributed by atoms with van der Waals surface area (Å²) in [7, 11) is 1.63. The highest BCUT2D eigenvalue weighted by Gasteiger charge is 2.48. The minimum atomic E-state index is -0.771. The van der Waals surface area contributed by atoms with Crippen molar-refractivity contribution in [3.8, 4) is 5.75 Å². The van der Waals surface area contributed by atoms with E-state index >= 15 is 0 Å².